The fourth-order valence-electron chi connectivity index (χ4n) is 1.45. The molecule has 2 N–H and O–H groups in total. The number of rotatable bonds is 4. The van der Waals surface area contributed by atoms with E-state index in [0.717, 1.165) is 12.0 Å². The summed E-state index contributed by atoms with van der Waals surface area (Å²) < 4.78 is 0. The Hall–Kier alpha value is -1.35. The number of aliphatic carboxylic acids is 1. The molecule has 0 saturated heterocycles. The zero-order chi connectivity index (χ0) is 11.4. The van der Waals surface area contributed by atoms with Crippen molar-refractivity contribution < 1.29 is 15.0 Å². The quantitative estimate of drug-likeness (QED) is 0.795. The maximum atomic E-state index is 10.5. The normalized spacial score (nSPS) is 12.8. The highest BCUT2D eigenvalue weighted by Crippen LogP contribution is 2.15. The molecular formula is C12H16O3. The predicted octanol–water partition coefficient (Wildman–Crippen LogP) is 2.00. The van der Waals surface area contributed by atoms with Crippen LogP contribution >= 0.6 is 0 Å². The van der Waals surface area contributed by atoms with Gasteiger partial charge in [-0.15, -0.1) is 0 Å². The average molecular weight is 208 g/mol. The molecule has 1 rings (SSSR count). The van der Waals surface area contributed by atoms with Crippen LogP contribution in [0.15, 0.2) is 24.3 Å². The second-order valence-electron chi connectivity index (χ2n) is 4.08. The van der Waals surface area contributed by atoms with E-state index in [1.165, 1.54) is 0 Å². The topological polar surface area (TPSA) is 57.5 Å². The molecule has 0 unspecified atom stereocenters. The number of carbonyl (C=O) groups is 1. The van der Waals surface area contributed by atoms with E-state index in [0.29, 0.717) is 11.5 Å². The van der Waals surface area contributed by atoms with Crippen LogP contribution in [0.25, 0.3) is 0 Å². The van der Waals surface area contributed by atoms with Crippen molar-refractivity contribution >= 4 is 5.97 Å². The predicted molar refractivity (Wildman–Crippen MR) is 57.6 cm³/mol. The lowest BCUT2D eigenvalue weighted by molar-refractivity contribution is -0.146. The SMILES string of the molecule is CC(C)Cc1ccc([C@H](O)C(=O)O)cc1. The van der Waals surface area contributed by atoms with Crippen LogP contribution in [0.2, 0.25) is 0 Å². The molecule has 82 valence electrons. The Kier molecular flexibility index (Phi) is 3.86. The largest absolute Gasteiger partial charge is 0.479 e. The molecule has 1 atom stereocenters. The minimum Gasteiger partial charge on any atom is -0.479 e. The highest BCUT2D eigenvalue weighted by Gasteiger charge is 2.15. The van der Waals surface area contributed by atoms with Crippen LogP contribution in [0, 0.1) is 5.92 Å². The lowest BCUT2D eigenvalue weighted by atomic mass is 10.0. The van der Waals surface area contributed by atoms with Crippen LogP contribution in [0.1, 0.15) is 31.1 Å². The molecule has 0 aliphatic carbocycles. The van der Waals surface area contributed by atoms with E-state index >= 15 is 0 Å². The highest BCUT2D eigenvalue weighted by molar-refractivity contribution is 5.73. The van der Waals surface area contributed by atoms with Gasteiger partial charge >= 0.3 is 5.97 Å². The number of hydrogen-bond donors (Lipinski definition) is 2. The van der Waals surface area contributed by atoms with Crippen molar-refractivity contribution in [1.29, 1.82) is 0 Å². The van der Waals surface area contributed by atoms with Crippen molar-refractivity contribution in [2.24, 2.45) is 5.92 Å². The number of aliphatic hydroxyl groups excluding tert-OH is 1. The van der Waals surface area contributed by atoms with Crippen LogP contribution in [-0.4, -0.2) is 16.2 Å². The number of aliphatic hydroxyl groups is 1. The third-order valence-electron chi connectivity index (χ3n) is 2.17. The van der Waals surface area contributed by atoms with Gasteiger partial charge in [-0.3, -0.25) is 0 Å². The zero-order valence-corrected chi connectivity index (χ0v) is 8.97. The van der Waals surface area contributed by atoms with Gasteiger partial charge in [-0.25, -0.2) is 4.79 Å². The first-order valence-corrected chi connectivity index (χ1v) is 5.00. The molecule has 0 aliphatic heterocycles. The Balaban J connectivity index is 2.76. The number of carboxylic acids is 1. The van der Waals surface area contributed by atoms with E-state index in [4.69, 9.17) is 5.11 Å². The monoisotopic (exact) mass is 208 g/mol. The molecule has 3 heteroatoms. The summed E-state index contributed by atoms with van der Waals surface area (Å²) in [5.41, 5.74) is 1.58. The first kappa shape index (κ1) is 11.7. The Labute approximate surface area is 89.4 Å². The molecular weight excluding hydrogens is 192 g/mol. The lowest BCUT2D eigenvalue weighted by Gasteiger charge is -2.08. The van der Waals surface area contributed by atoms with Crippen LogP contribution < -0.4 is 0 Å². The standard InChI is InChI=1S/C12H16O3/c1-8(2)7-9-3-5-10(6-4-9)11(13)12(14)15/h3-6,8,11,13H,7H2,1-2H3,(H,14,15)/t11-/m0/s1. The summed E-state index contributed by atoms with van der Waals surface area (Å²) in [5.74, 6) is -0.646. The Morgan fingerprint density at radius 1 is 1.27 bits per heavy atom. The van der Waals surface area contributed by atoms with E-state index in [9.17, 15) is 9.90 Å². The van der Waals surface area contributed by atoms with Crippen LogP contribution in [0.5, 0.6) is 0 Å². The van der Waals surface area contributed by atoms with Gasteiger partial charge in [-0.05, 0) is 23.5 Å². The van der Waals surface area contributed by atoms with E-state index in [2.05, 4.69) is 13.8 Å². The molecule has 0 saturated carbocycles. The molecule has 0 radical (unpaired) electrons. The number of carboxylic acid groups (broad SMARTS) is 1. The Bertz CT molecular complexity index is 327. The Morgan fingerprint density at radius 3 is 2.20 bits per heavy atom. The van der Waals surface area contributed by atoms with E-state index in [1.54, 1.807) is 12.1 Å². The summed E-state index contributed by atoms with van der Waals surface area (Å²) in [6.45, 7) is 4.25. The van der Waals surface area contributed by atoms with Gasteiger partial charge in [0.05, 0.1) is 0 Å². The van der Waals surface area contributed by atoms with Gasteiger partial charge in [-0.2, -0.15) is 0 Å². The molecule has 3 nitrogen and oxygen atoms in total. The van der Waals surface area contributed by atoms with Crippen molar-refractivity contribution in [3.63, 3.8) is 0 Å². The maximum absolute atomic E-state index is 10.5. The second-order valence-corrected chi connectivity index (χ2v) is 4.08. The molecule has 0 spiro atoms. The molecule has 0 aliphatic rings. The zero-order valence-electron chi connectivity index (χ0n) is 8.97. The molecule has 0 amide bonds. The smallest absolute Gasteiger partial charge is 0.337 e. The van der Waals surface area contributed by atoms with E-state index in [1.807, 2.05) is 12.1 Å². The van der Waals surface area contributed by atoms with E-state index in [-0.39, 0.29) is 0 Å². The first-order valence-electron chi connectivity index (χ1n) is 5.00. The van der Waals surface area contributed by atoms with Crippen LogP contribution in [0.4, 0.5) is 0 Å². The fraction of sp³-hybridized carbons (Fsp3) is 0.417. The molecule has 0 heterocycles. The van der Waals surface area contributed by atoms with E-state index < -0.39 is 12.1 Å². The van der Waals surface area contributed by atoms with Gasteiger partial charge < -0.3 is 10.2 Å². The summed E-state index contributed by atoms with van der Waals surface area (Å²) in [4.78, 5) is 10.5. The Morgan fingerprint density at radius 2 is 1.80 bits per heavy atom. The highest BCUT2D eigenvalue weighted by atomic mass is 16.4. The van der Waals surface area contributed by atoms with Gasteiger partial charge in [0.2, 0.25) is 0 Å². The third kappa shape index (κ3) is 3.36. The maximum Gasteiger partial charge on any atom is 0.337 e. The van der Waals surface area contributed by atoms with Crippen molar-refractivity contribution in [2.45, 2.75) is 26.4 Å². The molecule has 15 heavy (non-hydrogen) atoms. The third-order valence-corrected chi connectivity index (χ3v) is 2.17. The van der Waals surface area contributed by atoms with Gasteiger partial charge in [0.1, 0.15) is 0 Å². The van der Waals surface area contributed by atoms with Gasteiger partial charge in [0, 0.05) is 0 Å². The minimum absolute atomic E-state index is 0.426. The first-order chi connectivity index (χ1) is 7.00. The molecule has 1 aromatic rings. The summed E-state index contributed by atoms with van der Waals surface area (Å²) in [6.07, 6.45) is -0.457. The fourth-order valence-corrected chi connectivity index (χ4v) is 1.45. The van der Waals surface area contributed by atoms with Gasteiger partial charge in [0.15, 0.2) is 6.10 Å². The minimum atomic E-state index is -1.42. The molecule has 0 aromatic heterocycles. The van der Waals surface area contributed by atoms with Gasteiger partial charge in [-0.1, -0.05) is 38.1 Å². The molecule has 0 fully saturated rings. The summed E-state index contributed by atoms with van der Waals surface area (Å²) in [5, 5.41) is 17.9. The summed E-state index contributed by atoms with van der Waals surface area (Å²) >= 11 is 0. The van der Waals surface area contributed by atoms with Crippen molar-refractivity contribution in [2.75, 3.05) is 0 Å². The lowest BCUT2D eigenvalue weighted by Crippen LogP contribution is -2.10. The van der Waals surface area contributed by atoms with Crippen molar-refractivity contribution in [1.82, 2.24) is 0 Å². The number of benzene rings is 1. The molecule has 1 aromatic carbocycles. The van der Waals surface area contributed by atoms with Crippen LogP contribution in [-0.2, 0) is 11.2 Å². The van der Waals surface area contributed by atoms with Crippen molar-refractivity contribution in [3.8, 4) is 0 Å². The average Bonchev–Trinajstić information content (AvgIpc) is 2.17. The summed E-state index contributed by atoms with van der Waals surface area (Å²) in [7, 11) is 0. The van der Waals surface area contributed by atoms with Crippen molar-refractivity contribution in [3.05, 3.63) is 35.4 Å². The van der Waals surface area contributed by atoms with Crippen LogP contribution in [0.3, 0.4) is 0 Å². The molecule has 0 bridgehead atoms. The summed E-state index contributed by atoms with van der Waals surface area (Å²) in [6, 6.07) is 7.05. The second kappa shape index (κ2) is 4.94. The number of hydrogen-bond acceptors (Lipinski definition) is 2. The van der Waals surface area contributed by atoms with Gasteiger partial charge in [0.25, 0.3) is 0 Å².